The number of carboxylic acids is 1. The van der Waals surface area contributed by atoms with Crippen LogP contribution in [0.3, 0.4) is 0 Å². The second-order valence-corrected chi connectivity index (χ2v) is 5.24. The van der Waals surface area contributed by atoms with E-state index in [9.17, 15) is 9.90 Å². The second kappa shape index (κ2) is 5.12. The highest BCUT2D eigenvalue weighted by Gasteiger charge is 2.18. The van der Waals surface area contributed by atoms with Crippen molar-refractivity contribution in [1.82, 2.24) is 9.78 Å². The van der Waals surface area contributed by atoms with Gasteiger partial charge in [0.25, 0.3) is 0 Å². The van der Waals surface area contributed by atoms with Gasteiger partial charge in [-0.3, -0.25) is 4.68 Å². The molecule has 0 saturated carbocycles. The maximum atomic E-state index is 11.0. The third-order valence-electron chi connectivity index (χ3n) is 3.83. The summed E-state index contributed by atoms with van der Waals surface area (Å²) in [7, 11) is 1.67. The van der Waals surface area contributed by atoms with Gasteiger partial charge in [-0.1, -0.05) is 0 Å². The van der Waals surface area contributed by atoms with Crippen molar-refractivity contribution in [2.45, 2.75) is 12.8 Å². The summed E-state index contributed by atoms with van der Waals surface area (Å²) in [6.45, 7) is 2.02. The normalized spacial score (nSPS) is 14.6. The zero-order valence-electron chi connectivity index (χ0n) is 11.8. The van der Waals surface area contributed by atoms with Crippen LogP contribution in [0.25, 0.3) is 11.3 Å². The highest BCUT2D eigenvalue weighted by Crippen LogP contribution is 2.34. The van der Waals surface area contributed by atoms with E-state index in [4.69, 9.17) is 5.11 Å². The Morgan fingerprint density at radius 1 is 1.24 bits per heavy atom. The number of aromatic carboxylic acids is 1. The molecule has 2 aromatic rings. The number of carboxylic acid groups (broad SMARTS) is 1. The monoisotopic (exact) mass is 287 g/mol. The summed E-state index contributed by atoms with van der Waals surface area (Å²) < 4.78 is 1.48. The molecule has 2 heterocycles. The molecule has 0 aliphatic carbocycles. The summed E-state index contributed by atoms with van der Waals surface area (Å²) in [6.07, 6.45) is 2.34. The molecule has 3 rings (SSSR count). The maximum absolute atomic E-state index is 11.0. The minimum Gasteiger partial charge on any atom is -0.507 e. The lowest BCUT2D eigenvalue weighted by molar-refractivity contribution is 0.0689. The van der Waals surface area contributed by atoms with Crippen LogP contribution < -0.4 is 4.90 Å². The topological polar surface area (TPSA) is 78.6 Å². The lowest BCUT2D eigenvalue weighted by atomic mass is 10.1. The number of phenolic OH excluding ortho intramolecular Hbond substituents is 1. The van der Waals surface area contributed by atoms with Crippen LogP contribution in [-0.2, 0) is 7.05 Å². The number of nitrogens with zero attached hydrogens (tertiary/aromatic N) is 3. The number of hydrogen-bond acceptors (Lipinski definition) is 4. The van der Waals surface area contributed by atoms with Crippen LogP contribution in [0, 0.1) is 0 Å². The zero-order valence-corrected chi connectivity index (χ0v) is 11.8. The fourth-order valence-corrected chi connectivity index (χ4v) is 2.73. The fraction of sp³-hybridized carbons (Fsp3) is 0.333. The first kappa shape index (κ1) is 13.5. The third-order valence-corrected chi connectivity index (χ3v) is 3.83. The predicted octanol–water partition coefficient (Wildman–Crippen LogP) is 2.09. The van der Waals surface area contributed by atoms with Crippen LogP contribution in [0.5, 0.6) is 5.75 Å². The van der Waals surface area contributed by atoms with Gasteiger partial charge < -0.3 is 15.1 Å². The van der Waals surface area contributed by atoms with E-state index in [1.54, 1.807) is 13.1 Å². The van der Waals surface area contributed by atoms with Crippen LogP contribution in [0.2, 0.25) is 0 Å². The minimum absolute atomic E-state index is 0.0292. The highest BCUT2D eigenvalue weighted by molar-refractivity contribution is 5.87. The first-order valence-corrected chi connectivity index (χ1v) is 6.92. The maximum Gasteiger partial charge on any atom is 0.356 e. The van der Waals surface area contributed by atoms with Gasteiger partial charge in [0.15, 0.2) is 5.69 Å². The molecule has 1 saturated heterocycles. The smallest absolute Gasteiger partial charge is 0.356 e. The number of carbonyl (C=O) groups is 1. The standard InChI is InChI=1S/C15H17N3O3/c1-17-13(9-12(16-17)15(20)21)11-8-10(4-5-14(11)19)18-6-2-3-7-18/h4-5,8-9,19H,2-3,6-7H2,1H3,(H,20,21). The lowest BCUT2D eigenvalue weighted by Crippen LogP contribution is -2.17. The number of aromatic hydroxyl groups is 1. The molecule has 1 aliphatic heterocycles. The number of anilines is 1. The largest absolute Gasteiger partial charge is 0.507 e. The van der Waals surface area contributed by atoms with Crippen molar-refractivity contribution >= 4 is 11.7 Å². The van der Waals surface area contributed by atoms with Gasteiger partial charge in [0.2, 0.25) is 0 Å². The number of phenols is 1. The molecule has 110 valence electrons. The summed E-state index contributed by atoms with van der Waals surface area (Å²) in [5, 5.41) is 23.1. The van der Waals surface area contributed by atoms with Crippen molar-refractivity contribution in [3.63, 3.8) is 0 Å². The lowest BCUT2D eigenvalue weighted by Gasteiger charge is -2.19. The first-order chi connectivity index (χ1) is 10.1. The van der Waals surface area contributed by atoms with Crippen molar-refractivity contribution in [3.8, 4) is 17.0 Å². The van der Waals surface area contributed by atoms with Gasteiger partial charge in [0.05, 0.1) is 5.69 Å². The quantitative estimate of drug-likeness (QED) is 0.903. The van der Waals surface area contributed by atoms with E-state index in [0.717, 1.165) is 18.8 Å². The molecule has 1 fully saturated rings. The van der Waals surface area contributed by atoms with E-state index in [0.29, 0.717) is 11.3 Å². The zero-order chi connectivity index (χ0) is 15.0. The molecule has 1 aromatic carbocycles. The molecule has 1 aliphatic rings. The highest BCUT2D eigenvalue weighted by atomic mass is 16.4. The summed E-state index contributed by atoms with van der Waals surface area (Å²) in [5.74, 6) is -0.954. The molecule has 2 N–H and O–H groups in total. The number of aromatic nitrogens is 2. The molecular formula is C15H17N3O3. The molecule has 1 aromatic heterocycles. The van der Waals surface area contributed by atoms with Crippen molar-refractivity contribution in [2.24, 2.45) is 7.05 Å². The van der Waals surface area contributed by atoms with Crippen LogP contribution in [0.4, 0.5) is 5.69 Å². The molecule has 0 spiro atoms. The van der Waals surface area contributed by atoms with Crippen molar-refractivity contribution in [3.05, 3.63) is 30.0 Å². The third kappa shape index (κ3) is 2.44. The van der Waals surface area contributed by atoms with Gasteiger partial charge in [-0.25, -0.2) is 4.79 Å². The van der Waals surface area contributed by atoms with E-state index in [1.807, 2.05) is 12.1 Å². The number of rotatable bonds is 3. The Morgan fingerprint density at radius 3 is 2.57 bits per heavy atom. The van der Waals surface area contributed by atoms with Crippen LogP contribution in [0.15, 0.2) is 24.3 Å². The number of hydrogen-bond donors (Lipinski definition) is 2. The fourth-order valence-electron chi connectivity index (χ4n) is 2.73. The Hall–Kier alpha value is -2.50. The van der Waals surface area contributed by atoms with Crippen molar-refractivity contribution < 1.29 is 15.0 Å². The average Bonchev–Trinajstić information content (AvgIpc) is 3.09. The Bertz CT molecular complexity index is 687. The summed E-state index contributed by atoms with van der Waals surface area (Å²) in [5.41, 5.74) is 2.20. The van der Waals surface area contributed by atoms with E-state index in [-0.39, 0.29) is 11.4 Å². The molecule has 0 radical (unpaired) electrons. The summed E-state index contributed by atoms with van der Waals surface area (Å²) in [4.78, 5) is 13.3. The second-order valence-electron chi connectivity index (χ2n) is 5.24. The first-order valence-electron chi connectivity index (χ1n) is 6.92. The van der Waals surface area contributed by atoms with Crippen LogP contribution in [0.1, 0.15) is 23.3 Å². The van der Waals surface area contributed by atoms with Gasteiger partial charge in [-0.2, -0.15) is 5.10 Å². The molecule has 0 amide bonds. The summed E-state index contributed by atoms with van der Waals surface area (Å²) in [6, 6.07) is 6.91. The molecule has 6 nitrogen and oxygen atoms in total. The van der Waals surface area contributed by atoms with Crippen molar-refractivity contribution in [1.29, 1.82) is 0 Å². The van der Waals surface area contributed by atoms with E-state index >= 15 is 0 Å². The minimum atomic E-state index is -1.08. The van der Waals surface area contributed by atoms with Crippen molar-refractivity contribution in [2.75, 3.05) is 18.0 Å². The summed E-state index contributed by atoms with van der Waals surface area (Å²) >= 11 is 0. The molecule has 0 bridgehead atoms. The van der Waals surface area contributed by atoms with E-state index in [1.165, 1.54) is 23.6 Å². The molecule has 21 heavy (non-hydrogen) atoms. The Balaban J connectivity index is 2.04. The Labute approximate surface area is 122 Å². The molecular weight excluding hydrogens is 270 g/mol. The van der Waals surface area contributed by atoms with Gasteiger partial charge >= 0.3 is 5.97 Å². The van der Waals surface area contributed by atoms with Gasteiger partial charge in [0.1, 0.15) is 5.75 Å². The Morgan fingerprint density at radius 2 is 1.95 bits per heavy atom. The van der Waals surface area contributed by atoms with Crippen LogP contribution in [-0.4, -0.2) is 39.1 Å². The molecule has 0 unspecified atom stereocenters. The SMILES string of the molecule is Cn1nc(C(=O)O)cc1-c1cc(N2CCCC2)ccc1O. The van der Waals surface area contributed by atoms with Gasteiger partial charge in [-0.15, -0.1) is 0 Å². The molecule has 6 heteroatoms. The van der Waals surface area contributed by atoms with E-state index < -0.39 is 5.97 Å². The number of benzene rings is 1. The van der Waals surface area contributed by atoms with Gasteiger partial charge in [-0.05, 0) is 37.1 Å². The average molecular weight is 287 g/mol. The van der Waals surface area contributed by atoms with Crippen LogP contribution >= 0.6 is 0 Å². The van der Waals surface area contributed by atoms with E-state index in [2.05, 4.69) is 10.00 Å². The van der Waals surface area contributed by atoms with Gasteiger partial charge in [0, 0.05) is 31.4 Å². The molecule has 0 atom stereocenters. The predicted molar refractivity (Wildman–Crippen MR) is 78.7 cm³/mol. The Kier molecular flexibility index (Phi) is 3.29. The number of aryl methyl sites for hydroxylation is 1.